The number of hydrogen-bond acceptors (Lipinski definition) is 6. The number of H-pyrrole nitrogens is 1. The van der Waals surface area contributed by atoms with Crippen molar-refractivity contribution in [1.29, 1.82) is 0 Å². The molecule has 0 bridgehead atoms. The monoisotopic (exact) mass is 339 g/mol. The van der Waals surface area contributed by atoms with E-state index in [1.165, 1.54) is 11.3 Å². The van der Waals surface area contributed by atoms with Gasteiger partial charge in [0.1, 0.15) is 0 Å². The van der Waals surface area contributed by atoms with E-state index in [1.54, 1.807) is 19.9 Å². The summed E-state index contributed by atoms with van der Waals surface area (Å²) in [5.74, 6) is -0.260. The van der Waals surface area contributed by atoms with Crippen LogP contribution in [-0.2, 0) is 0 Å². The van der Waals surface area contributed by atoms with Crippen LogP contribution in [0, 0.1) is 13.8 Å². The van der Waals surface area contributed by atoms with Crippen LogP contribution in [0.25, 0.3) is 22.5 Å². The van der Waals surface area contributed by atoms with Crippen molar-refractivity contribution in [3.63, 3.8) is 0 Å². The van der Waals surface area contributed by atoms with Crippen molar-refractivity contribution in [3.8, 4) is 11.4 Å². The third-order valence-corrected chi connectivity index (χ3v) is 4.35. The van der Waals surface area contributed by atoms with Gasteiger partial charge in [0.25, 0.3) is 11.6 Å². The number of aromatic amines is 1. The number of fused-ring (bicyclic) bond motifs is 1. The van der Waals surface area contributed by atoms with Gasteiger partial charge in [-0.3, -0.25) is 10.1 Å². The van der Waals surface area contributed by atoms with E-state index < -0.39 is 0 Å². The highest BCUT2D eigenvalue weighted by molar-refractivity contribution is 7.14. The van der Waals surface area contributed by atoms with Gasteiger partial charge in [0.2, 0.25) is 0 Å². The summed E-state index contributed by atoms with van der Waals surface area (Å²) in [7, 11) is 0. The standard InChI is InChI=1S/C16H13N5O2S/c1-8-6-10(13-9(2)21-23-15(13)18-8)14(22)20-16-19-12(7-24-16)11-4-3-5-17-11/h3-7,17H,1-2H3,(H,19,20,22). The lowest BCUT2D eigenvalue weighted by atomic mass is 10.1. The fourth-order valence-electron chi connectivity index (χ4n) is 2.51. The molecule has 0 atom stereocenters. The number of nitrogens with zero attached hydrogens (tertiary/aromatic N) is 3. The number of hydrogen-bond donors (Lipinski definition) is 2. The molecule has 0 saturated carbocycles. The smallest absolute Gasteiger partial charge is 0.258 e. The first-order chi connectivity index (χ1) is 11.6. The van der Waals surface area contributed by atoms with Crippen LogP contribution in [0.4, 0.5) is 5.13 Å². The van der Waals surface area contributed by atoms with Crippen LogP contribution in [-0.4, -0.2) is 26.0 Å². The van der Waals surface area contributed by atoms with Crippen LogP contribution in [0.15, 0.2) is 34.3 Å². The summed E-state index contributed by atoms with van der Waals surface area (Å²) in [6.07, 6.45) is 1.83. The Balaban J connectivity index is 1.67. The Morgan fingerprint density at radius 2 is 2.21 bits per heavy atom. The molecule has 4 aromatic rings. The van der Waals surface area contributed by atoms with Gasteiger partial charge in [-0.25, -0.2) is 9.97 Å². The zero-order chi connectivity index (χ0) is 16.7. The lowest BCUT2D eigenvalue weighted by molar-refractivity contribution is 0.102. The number of rotatable bonds is 3. The number of carbonyl (C=O) groups is 1. The third kappa shape index (κ3) is 2.46. The lowest BCUT2D eigenvalue weighted by Crippen LogP contribution is -2.13. The van der Waals surface area contributed by atoms with E-state index in [4.69, 9.17) is 4.52 Å². The summed E-state index contributed by atoms with van der Waals surface area (Å²) in [5, 5.41) is 9.77. The van der Waals surface area contributed by atoms with Crippen molar-refractivity contribution in [2.45, 2.75) is 13.8 Å². The first-order valence-corrected chi connectivity index (χ1v) is 8.14. The maximum absolute atomic E-state index is 12.7. The van der Waals surface area contributed by atoms with Crippen molar-refractivity contribution in [2.24, 2.45) is 0 Å². The van der Waals surface area contributed by atoms with Crippen molar-refractivity contribution in [2.75, 3.05) is 5.32 Å². The molecule has 0 aliphatic carbocycles. The Labute approximate surface area is 140 Å². The van der Waals surface area contributed by atoms with E-state index in [0.29, 0.717) is 33.2 Å². The number of thiazole rings is 1. The Morgan fingerprint density at radius 3 is 3.00 bits per heavy atom. The molecule has 0 unspecified atom stereocenters. The summed E-state index contributed by atoms with van der Waals surface area (Å²) in [6, 6.07) is 5.55. The van der Waals surface area contributed by atoms with Crippen LogP contribution < -0.4 is 5.32 Å². The number of carbonyl (C=O) groups excluding carboxylic acids is 1. The summed E-state index contributed by atoms with van der Waals surface area (Å²) >= 11 is 1.37. The van der Waals surface area contributed by atoms with Crippen molar-refractivity contribution in [1.82, 2.24) is 20.1 Å². The van der Waals surface area contributed by atoms with Crippen molar-refractivity contribution < 1.29 is 9.32 Å². The molecule has 1 amide bonds. The Kier molecular flexibility index (Phi) is 3.39. The highest BCUT2D eigenvalue weighted by atomic mass is 32.1. The van der Waals surface area contributed by atoms with E-state index >= 15 is 0 Å². The minimum Gasteiger partial charge on any atom is -0.360 e. The number of nitrogens with one attached hydrogen (secondary N) is 2. The van der Waals surface area contributed by atoms with Crippen LogP contribution in [0.1, 0.15) is 21.7 Å². The highest BCUT2D eigenvalue weighted by Gasteiger charge is 2.19. The van der Waals surface area contributed by atoms with E-state index in [0.717, 1.165) is 11.4 Å². The SMILES string of the molecule is Cc1cc(C(=O)Nc2nc(-c3ccc[nH]3)cs2)c2c(C)noc2n1. The molecule has 0 aliphatic heterocycles. The van der Waals surface area contributed by atoms with Gasteiger partial charge in [0.15, 0.2) is 5.13 Å². The summed E-state index contributed by atoms with van der Waals surface area (Å²) < 4.78 is 5.17. The summed E-state index contributed by atoms with van der Waals surface area (Å²) in [6.45, 7) is 3.59. The second-order valence-corrected chi connectivity index (χ2v) is 6.19. The summed E-state index contributed by atoms with van der Waals surface area (Å²) in [4.78, 5) is 24.5. The lowest BCUT2D eigenvalue weighted by Gasteiger charge is -2.04. The van der Waals surface area contributed by atoms with Gasteiger partial charge in [0, 0.05) is 17.3 Å². The maximum Gasteiger partial charge on any atom is 0.258 e. The third-order valence-electron chi connectivity index (χ3n) is 3.59. The first kappa shape index (κ1) is 14.6. The van der Waals surface area contributed by atoms with E-state index in [1.807, 2.05) is 23.7 Å². The molecule has 4 rings (SSSR count). The predicted octanol–water partition coefficient (Wildman–Crippen LogP) is 3.54. The Bertz CT molecular complexity index is 1030. The molecule has 4 heterocycles. The Morgan fingerprint density at radius 1 is 1.33 bits per heavy atom. The minimum atomic E-state index is -0.260. The molecule has 120 valence electrons. The first-order valence-electron chi connectivity index (χ1n) is 7.26. The van der Waals surface area contributed by atoms with E-state index in [2.05, 4.69) is 25.4 Å². The van der Waals surface area contributed by atoms with Gasteiger partial charge in [-0.2, -0.15) is 0 Å². The normalized spacial score (nSPS) is 11.1. The largest absolute Gasteiger partial charge is 0.360 e. The van der Waals surface area contributed by atoms with E-state index in [-0.39, 0.29) is 5.91 Å². The Hall–Kier alpha value is -3.00. The van der Waals surface area contributed by atoms with Gasteiger partial charge in [-0.1, -0.05) is 5.16 Å². The molecule has 0 spiro atoms. The molecule has 0 saturated heterocycles. The molecule has 24 heavy (non-hydrogen) atoms. The van der Waals surface area contributed by atoms with Gasteiger partial charge in [-0.15, -0.1) is 11.3 Å². The average Bonchev–Trinajstić information content (AvgIpc) is 3.27. The summed E-state index contributed by atoms with van der Waals surface area (Å²) in [5.41, 5.74) is 3.86. The van der Waals surface area contributed by atoms with Gasteiger partial charge < -0.3 is 9.51 Å². The zero-order valence-electron chi connectivity index (χ0n) is 13.0. The van der Waals surface area contributed by atoms with Gasteiger partial charge >= 0.3 is 0 Å². The number of aryl methyl sites for hydroxylation is 2. The number of amides is 1. The van der Waals surface area contributed by atoms with E-state index in [9.17, 15) is 4.79 Å². The number of pyridine rings is 1. The number of anilines is 1. The second kappa shape index (κ2) is 5.57. The molecule has 4 aromatic heterocycles. The molecule has 0 aliphatic rings. The maximum atomic E-state index is 12.7. The fourth-order valence-corrected chi connectivity index (χ4v) is 3.21. The molecular formula is C16H13N5O2S. The topological polar surface area (TPSA) is 96.7 Å². The number of aromatic nitrogens is 4. The molecule has 0 radical (unpaired) electrons. The van der Waals surface area contributed by atoms with Crippen LogP contribution in [0.2, 0.25) is 0 Å². The molecular weight excluding hydrogens is 326 g/mol. The van der Waals surface area contributed by atoms with Crippen LogP contribution >= 0.6 is 11.3 Å². The molecule has 0 fully saturated rings. The molecule has 0 aromatic carbocycles. The quantitative estimate of drug-likeness (QED) is 0.595. The average molecular weight is 339 g/mol. The molecule has 8 heteroatoms. The fraction of sp³-hybridized carbons (Fsp3) is 0.125. The van der Waals surface area contributed by atoms with Crippen molar-refractivity contribution >= 4 is 33.5 Å². The molecule has 2 N–H and O–H groups in total. The highest BCUT2D eigenvalue weighted by Crippen LogP contribution is 2.26. The van der Waals surface area contributed by atoms with Gasteiger partial charge in [-0.05, 0) is 32.0 Å². The second-order valence-electron chi connectivity index (χ2n) is 5.34. The molecule has 7 nitrogen and oxygen atoms in total. The van der Waals surface area contributed by atoms with Crippen LogP contribution in [0.5, 0.6) is 0 Å². The zero-order valence-corrected chi connectivity index (χ0v) is 13.8. The van der Waals surface area contributed by atoms with Crippen molar-refractivity contribution in [3.05, 3.63) is 46.7 Å². The minimum absolute atomic E-state index is 0.260. The van der Waals surface area contributed by atoms with Gasteiger partial charge in [0.05, 0.1) is 28.0 Å². The van der Waals surface area contributed by atoms with Crippen LogP contribution in [0.3, 0.4) is 0 Å². The predicted molar refractivity (Wildman–Crippen MR) is 91.1 cm³/mol.